The van der Waals surface area contributed by atoms with Crippen LogP contribution < -0.4 is 16.4 Å². The first kappa shape index (κ1) is 17.1. The molecule has 2 amide bonds. The Morgan fingerprint density at radius 3 is 2.57 bits per heavy atom. The summed E-state index contributed by atoms with van der Waals surface area (Å²) in [6, 6.07) is 1.96. The lowest BCUT2D eigenvalue weighted by Gasteiger charge is -2.13. The summed E-state index contributed by atoms with van der Waals surface area (Å²) >= 11 is 0. The number of nitrogens with one attached hydrogen (secondary N) is 2. The van der Waals surface area contributed by atoms with Crippen molar-refractivity contribution < 1.29 is 9.59 Å². The van der Waals surface area contributed by atoms with Gasteiger partial charge in [0.05, 0.1) is 5.69 Å². The third kappa shape index (κ3) is 5.13. The molecule has 0 radical (unpaired) electrons. The maximum Gasteiger partial charge on any atom is 0.268 e. The van der Waals surface area contributed by atoms with Gasteiger partial charge in [0.25, 0.3) is 5.91 Å². The smallest absolute Gasteiger partial charge is 0.268 e. The quantitative estimate of drug-likeness (QED) is 0.715. The number of aromatic nitrogens is 1. The predicted octanol–water partition coefficient (Wildman–Crippen LogP) is 1.69. The van der Waals surface area contributed by atoms with Crippen molar-refractivity contribution >= 4 is 17.5 Å². The molecular weight excluding hydrogens is 268 g/mol. The average Bonchev–Trinajstić information content (AvgIpc) is 2.80. The Bertz CT molecular complexity index is 494. The number of nitrogens with zero attached hydrogens (tertiary/aromatic N) is 1. The number of carbonyl (C=O) groups is 2. The van der Waals surface area contributed by atoms with Gasteiger partial charge in [-0.15, -0.1) is 0 Å². The number of nitrogens with two attached hydrogens (primary N) is 1. The van der Waals surface area contributed by atoms with E-state index in [1.165, 1.54) is 0 Å². The number of nitrogen functional groups attached to an aromatic ring is 1. The van der Waals surface area contributed by atoms with E-state index in [2.05, 4.69) is 10.6 Å². The summed E-state index contributed by atoms with van der Waals surface area (Å²) in [7, 11) is 0. The molecule has 0 aliphatic rings. The molecule has 1 unspecified atom stereocenters. The van der Waals surface area contributed by atoms with Crippen LogP contribution in [0.25, 0.3) is 0 Å². The molecule has 1 aromatic rings. The van der Waals surface area contributed by atoms with E-state index in [0.717, 1.165) is 6.42 Å². The first-order valence-electron chi connectivity index (χ1n) is 7.40. The second kappa shape index (κ2) is 7.71. The van der Waals surface area contributed by atoms with Crippen molar-refractivity contribution in [3.8, 4) is 0 Å². The maximum absolute atomic E-state index is 12.1. The largest absolute Gasteiger partial charge is 0.397 e. The van der Waals surface area contributed by atoms with Gasteiger partial charge in [-0.05, 0) is 33.3 Å². The van der Waals surface area contributed by atoms with Gasteiger partial charge in [0, 0.05) is 31.2 Å². The molecule has 6 heteroatoms. The topological polar surface area (TPSA) is 89.2 Å². The lowest BCUT2D eigenvalue weighted by Crippen LogP contribution is -2.35. The molecule has 0 spiro atoms. The molecule has 21 heavy (non-hydrogen) atoms. The molecular formula is C15H26N4O2. The van der Waals surface area contributed by atoms with E-state index in [1.807, 2.05) is 32.3 Å². The van der Waals surface area contributed by atoms with Gasteiger partial charge < -0.3 is 20.9 Å². The predicted molar refractivity (Wildman–Crippen MR) is 84.1 cm³/mol. The standard InChI is InChI=1S/C15H26N4O2/c1-5-11(4)18-14(20)6-7-17-15(21)13-8-12(16)9-19(13)10(2)3/h8-11H,5-7,16H2,1-4H3,(H,17,21)(H,18,20). The summed E-state index contributed by atoms with van der Waals surface area (Å²) in [6.45, 7) is 8.24. The first-order chi connectivity index (χ1) is 9.85. The summed E-state index contributed by atoms with van der Waals surface area (Å²) in [5.74, 6) is -0.264. The molecule has 1 rings (SSSR count). The van der Waals surface area contributed by atoms with E-state index in [1.54, 1.807) is 12.3 Å². The zero-order valence-corrected chi connectivity index (χ0v) is 13.3. The fourth-order valence-electron chi connectivity index (χ4n) is 1.94. The van der Waals surface area contributed by atoms with Gasteiger partial charge in [0.1, 0.15) is 5.69 Å². The summed E-state index contributed by atoms with van der Waals surface area (Å²) in [5, 5.41) is 5.61. The molecule has 1 aromatic heterocycles. The molecule has 0 fully saturated rings. The fraction of sp³-hybridized carbons (Fsp3) is 0.600. The summed E-state index contributed by atoms with van der Waals surface area (Å²) in [6.07, 6.45) is 2.91. The third-order valence-electron chi connectivity index (χ3n) is 3.32. The normalized spacial score (nSPS) is 12.2. The molecule has 118 valence electrons. The van der Waals surface area contributed by atoms with E-state index < -0.39 is 0 Å². The highest BCUT2D eigenvalue weighted by atomic mass is 16.2. The minimum Gasteiger partial charge on any atom is -0.397 e. The highest BCUT2D eigenvalue weighted by Gasteiger charge is 2.15. The molecule has 0 saturated heterocycles. The summed E-state index contributed by atoms with van der Waals surface area (Å²) in [4.78, 5) is 23.7. The number of amides is 2. The summed E-state index contributed by atoms with van der Waals surface area (Å²) < 4.78 is 1.82. The highest BCUT2D eigenvalue weighted by Crippen LogP contribution is 2.16. The van der Waals surface area contributed by atoms with Gasteiger partial charge in [-0.3, -0.25) is 9.59 Å². The van der Waals surface area contributed by atoms with Crippen LogP contribution in [0.1, 0.15) is 57.1 Å². The van der Waals surface area contributed by atoms with Crippen LogP contribution in [0, 0.1) is 0 Å². The Labute approximate surface area is 126 Å². The number of anilines is 1. The highest BCUT2D eigenvalue weighted by molar-refractivity contribution is 5.94. The van der Waals surface area contributed by atoms with Crippen molar-refractivity contribution in [2.24, 2.45) is 0 Å². The first-order valence-corrected chi connectivity index (χ1v) is 7.40. The number of hydrogen-bond acceptors (Lipinski definition) is 3. The van der Waals surface area contributed by atoms with Crippen LogP contribution in [0.15, 0.2) is 12.3 Å². The zero-order chi connectivity index (χ0) is 16.0. The molecule has 0 saturated carbocycles. The van der Waals surface area contributed by atoms with Crippen molar-refractivity contribution in [1.29, 1.82) is 0 Å². The van der Waals surface area contributed by atoms with Crippen molar-refractivity contribution in [2.75, 3.05) is 12.3 Å². The average molecular weight is 294 g/mol. The van der Waals surface area contributed by atoms with Crippen LogP contribution in [0.3, 0.4) is 0 Å². The number of rotatable bonds is 7. The minimum absolute atomic E-state index is 0.0524. The van der Waals surface area contributed by atoms with Crippen LogP contribution >= 0.6 is 0 Å². The van der Waals surface area contributed by atoms with Crippen LogP contribution in [-0.4, -0.2) is 29.0 Å². The Hall–Kier alpha value is -1.98. The van der Waals surface area contributed by atoms with Crippen LogP contribution in [-0.2, 0) is 4.79 Å². The monoisotopic (exact) mass is 294 g/mol. The lowest BCUT2D eigenvalue weighted by atomic mass is 10.2. The van der Waals surface area contributed by atoms with Gasteiger partial charge in [-0.25, -0.2) is 0 Å². The van der Waals surface area contributed by atoms with Crippen molar-refractivity contribution in [1.82, 2.24) is 15.2 Å². The number of hydrogen-bond donors (Lipinski definition) is 3. The van der Waals surface area contributed by atoms with Gasteiger partial charge in [-0.1, -0.05) is 6.92 Å². The fourth-order valence-corrected chi connectivity index (χ4v) is 1.94. The van der Waals surface area contributed by atoms with Gasteiger partial charge in [-0.2, -0.15) is 0 Å². The van der Waals surface area contributed by atoms with Gasteiger partial charge >= 0.3 is 0 Å². The van der Waals surface area contributed by atoms with E-state index in [4.69, 9.17) is 5.73 Å². The van der Waals surface area contributed by atoms with Crippen molar-refractivity contribution in [3.05, 3.63) is 18.0 Å². The molecule has 0 bridgehead atoms. The minimum atomic E-state index is -0.211. The molecule has 1 atom stereocenters. The SMILES string of the molecule is CCC(C)NC(=O)CCNC(=O)c1cc(N)cn1C(C)C. The van der Waals surface area contributed by atoms with E-state index >= 15 is 0 Å². The van der Waals surface area contributed by atoms with Crippen LogP contribution in [0.4, 0.5) is 5.69 Å². The van der Waals surface area contributed by atoms with E-state index in [0.29, 0.717) is 17.9 Å². The van der Waals surface area contributed by atoms with Gasteiger partial charge in [0.2, 0.25) is 5.91 Å². The van der Waals surface area contributed by atoms with Crippen molar-refractivity contribution in [3.63, 3.8) is 0 Å². The van der Waals surface area contributed by atoms with E-state index in [9.17, 15) is 9.59 Å². The second-order valence-corrected chi connectivity index (χ2v) is 5.54. The molecule has 0 aromatic carbocycles. The molecule has 0 aliphatic heterocycles. The Morgan fingerprint density at radius 2 is 2.00 bits per heavy atom. The van der Waals surface area contributed by atoms with Crippen molar-refractivity contribution in [2.45, 2.75) is 52.6 Å². The molecule has 0 aliphatic carbocycles. The number of carbonyl (C=O) groups excluding carboxylic acids is 2. The van der Waals surface area contributed by atoms with E-state index in [-0.39, 0.29) is 30.3 Å². The Kier molecular flexibility index (Phi) is 6.27. The third-order valence-corrected chi connectivity index (χ3v) is 3.32. The maximum atomic E-state index is 12.1. The van der Waals surface area contributed by atoms with Crippen LogP contribution in [0.2, 0.25) is 0 Å². The Balaban J connectivity index is 2.49. The molecule has 1 heterocycles. The lowest BCUT2D eigenvalue weighted by molar-refractivity contribution is -0.121. The molecule has 6 nitrogen and oxygen atoms in total. The van der Waals surface area contributed by atoms with Gasteiger partial charge in [0.15, 0.2) is 0 Å². The second-order valence-electron chi connectivity index (χ2n) is 5.54. The molecule has 4 N–H and O–H groups in total. The summed E-state index contributed by atoms with van der Waals surface area (Å²) in [5.41, 5.74) is 6.81. The Morgan fingerprint density at radius 1 is 1.33 bits per heavy atom. The zero-order valence-electron chi connectivity index (χ0n) is 13.3. The van der Waals surface area contributed by atoms with Crippen LogP contribution in [0.5, 0.6) is 0 Å².